The van der Waals surface area contributed by atoms with Crippen molar-refractivity contribution in [3.05, 3.63) is 32.4 Å². The third kappa shape index (κ3) is 1.46. The molecule has 0 spiro atoms. The molecule has 0 fully saturated rings. The van der Waals surface area contributed by atoms with Crippen molar-refractivity contribution in [1.82, 2.24) is 0 Å². The van der Waals surface area contributed by atoms with E-state index in [1.165, 1.54) is 11.7 Å². The van der Waals surface area contributed by atoms with E-state index in [0.717, 1.165) is 0 Å². The van der Waals surface area contributed by atoms with Crippen molar-refractivity contribution in [2.75, 3.05) is 0 Å². The maximum atomic E-state index is 3.80. The first kappa shape index (κ1) is 9.73. The van der Waals surface area contributed by atoms with Gasteiger partial charge in [-0.15, -0.1) is 0 Å². The fourth-order valence-corrected chi connectivity index (χ4v) is 11.1. The summed E-state index contributed by atoms with van der Waals surface area (Å²) in [7, 11) is 0. The molecule has 0 atom stereocenters. The molecule has 1 aromatic carbocycles. The Hall–Kier alpha value is 1.19. The van der Waals surface area contributed by atoms with Gasteiger partial charge in [0.1, 0.15) is 0 Å². The number of halogens is 3. The average molecular weight is 468 g/mol. The van der Waals surface area contributed by atoms with E-state index in [9.17, 15) is 0 Å². The zero-order valence-electron chi connectivity index (χ0n) is 5.93. The number of hydrogen-bond acceptors (Lipinski definition) is 0. The maximum absolute atomic E-state index is 3.80. The van der Waals surface area contributed by atoms with Crippen LogP contribution in [-0.2, 0) is 0 Å². The monoisotopic (exact) mass is 468 g/mol. The van der Waals surface area contributed by atoms with Crippen LogP contribution >= 0.6 is 41.4 Å². The minimum atomic E-state index is -2.19. The van der Waals surface area contributed by atoms with E-state index in [1.807, 2.05) is 0 Å². The van der Waals surface area contributed by atoms with Gasteiger partial charge in [0, 0.05) is 0 Å². The number of hydrogen-bond donors (Lipinski definition) is 0. The third-order valence-electron chi connectivity index (χ3n) is 1.71. The van der Waals surface area contributed by atoms with Crippen LogP contribution in [0.2, 0.25) is 0 Å². The van der Waals surface area contributed by atoms with Crippen molar-refractivity contribution < 1.29 is 0 Å². The van der Waals surface area contributed by atoms with Gasteiger partial charge in [0.15, 0.2) is 0 Å². The van der Waals surface area contributed by atoms with Gasteiger partial charge in [0.25, 0.3) is 0 Å². The summed E-state index contributed by atoms with van der Waals surface area (Å²) in [4.78, 5) is 0. The van der Waals surface area contributed by atoms with Crippen LogP contribution in [-0.4, -0.2) is 13.8 Å². The Kier molecular flexibility index (Phi) is 2.76. The topological polar surface area (TPSA) is 0 Å². The van der Waals surface area contributed by atoms with E-state index in [1.54, 1.807) is 0 Å². The van der Waals surface area contributed by atoms with Crippen molar-refractivity contribution in [2.24, 2.45) is 0 Å². The molecule has 0 aliphatic carbocycles. The third-order valence-corrected chi connectivity index (χ3v) is 24.8. The summed E-state index contributed by atoms with van der Waals surface area (Å²) in [6, 6.07) is 8.48. The molecule has 0 aromatic heterocycles. The van der Waals surface area contributed by atoms with E-state index in [-0.39, 0.29) is 0 Å². The van der Waals surface area contributed by atoms with Gasteiger partial charge in [-0.25, -0.2) is 0 Å². The average Bonchev–Trinajstić information content (AvgIpc) is 2.25. The molecule has 12 heavy (non-hydrogen) atoms. The normalized spacial score (nSPS) is 21.4. The predicted octanol–water partition coefficient (Wildman–Crippen LogP) is 3.41. The Morgan fingerprint density at radius 1 is 1.08 bits per heavy atom. The second kappa shape index (κ2) is 3.40. The molecule has 4 heteroatoms. The molecule has 2 rings (SSSR count). The van der Waals surface area contributed by atoms with E-state index >= 15 is 0 Å². The summed E-state index contributed by atoms with van der Waals surface area (Å²) in [6.07, 6.45) is 2.19. The molecule has 1 aliphatic heterocycles. The quantitative estimate of drug-likeness (QED) is 0.512. The van der Waals surface area contributed by atoms with Crippen molar-refractivity contribution in [2.45, 2.75) is 0 Å². The van der Waals surface area contributed by atoms with E-state index in [2.05, 4.69) is 71.8 Å². The van der Waals surface area contributed by atoms with Gasteiger partial charge in [-0.05, 0) is 0 Å². The first-order chi connectivity index (χ1) is 5.62. The summed E-state index contributed by atoms with van der Waals surface area (Å²) < 4.78 is 2.73. The first-order valence-electron chi connectivity index (χ1n) is 3.31. The van der Waals surface area contributed by atoms with Gasteiger partial charge in [-0.3, -0.25) is 0 Å². The molecule has 1 aromatic rings. The Morgan fingerprint density at radius 3 is 2.42 bits per heavy atom. The van der Waals surface area contributed by atoms with Crippen molar-refractivity contribution in [3.63, 3.8) is 0 Å². The molecule has 64 valence electrons. The Balaban J connectivity index is 2.66. The van der Waals surface area contributed by atoms with Crippen molar-refractivity contribution >= 4 is 64.9 Å². The van der Waals surface area contributed by atoms with Crippen LogP contribution in [0.25, 0.3) is 6.08 Å². The number of benzene rings is 1. The SMILES string of the molecule is BrC1=Cc2ccccc2[Te]1(Br)Br. The van der Waals surface area contributed by atoms with Crippen molar-refractivity contribution in [3.8, 4) is 0 Å². The van der Waals surface area contributed by atoms with Gasteiger partial charge in [0.05, 0.1) is 0 Å². The molecular formula is C8H5Br3Te. The fraction of sp³-hybridized carbons (Fsp3) is 0. The molecule has 0 unspecified atom stereocenters. The molecule has 0 nitrogen and oxygen atoms in total. The van der Waals surface area contributed by atoms with E-state index in [4.69, 9.17) is 0 Å². The zero-order valence-corrected chi connectivity index (χ0v) is 13.0. The van der Waals surface area contributed by atoms with Gasteiger partial charge < -0.3 is 0 Å². The Bertz CT molecular complexity index is 357. The summed E-state index contributed by atoms with van der Waals surface area (Å²) in [6.45, 7) is 0. The van der Waals surface area contributed by atoms with Gasteiger partial charge in [-0.2, -0.15) is 0 Å². The Labute approximate surface area is 96.0 Å². The predicted molar refractivity (Wildman–Crippen MR) is 66.6 cm³/mol. The van der Waals surface area contributed by atoms with Crippen LogP contribution in [0, 0.1) is 0 Å². The molecule has 0 radical (unpaired) electrons. The molecule has 1 heterocycles. The van der Waals surface area contributed by atoms with Gasteiger partial charge in [-0.1, -0.05) is 0 Å². The molecule has 0 N–H and O–H groups in total. The minimum absolute atomic E-state index is 1.30. The van der Waals surface area contributed by atoms with Crippen LogP contribution in [0.4, 0.5) is 0 Å². The number of rotatable bonds is 0. The van der Waals surface area contributed by atoms with Crippen LogP contribution in [0.1, 0.15) is 5.56 Å². The zero-order chi connectivity index (χ0) is 8.77. The summed E-state index contributed by atoms with van der Waals surface area (Å²) in [5.74, 6) is 0. The summed E-state index contributed by atoms with van der Waals surface area (Å²) >= 11 is 8.99. The molecule has 1 aliphatic rings. The van der Waals surface area contributed by atoms with E-state index in [0.29, 0.717) is 0 Å². The van der Waals surface area contributed by atoms with Gasteiger partial charge in [0.2, 0.25) is 0 Å². The van der Waals surface area contributed by atoms with Crippen LogP contribution in [0.15, 0.2) is 26.8 Å². The van der Waals surface area contributed by atoms with Crippen molar-refractivity contribution in [1.29, 1.82) is 0 Å². The first-order valence-corrected chi connectivity index (χ1v) is 16.9. The Morgan fingerprint density at radius 2 is 1.75 bits per heavy atom. The fourth-order valence-electron chi connectivity index (χ4n) is 1.13. The van der Waals surface area contributed by atoms with Crippen LogP contribution in [0.3, 0.4) is 0 Å². The van der Waals surface area contributed by atoms with Gasteiger partial charge >= 0.3 is 97.3 Å². The molecule has 0 saturated carbocycles. The van der Waals surface area contributed by atoms with Crippen LogP contribution in [0.5, 0.6) is 0 Å². The molecule has 0 bridgehead atoms. The summed E-state index contributed by atoms with van der Waals surface area (Å²) in [5, 5.41) is 0. The number of fused-ring (bicyclic) bond motifs is 1. The van der Waals surface area contributed by atoms with Crippen LogP contribution < -0.4 is 3.61 Å². The standard InChI is InChI=1S/C8H5Br3Te/c9-8-5-6-3-1-2-4-7(6)12(8,10)11/h1-5H. The molecule has 0 amide bonds. The van der Waals surface area contributed by atoms with E-state index < -0.39 is 13.8 Å². The summed E-state index contributed by atoms with van der Waals surface area (Å²) in [5.41, 5.74) is 1.33. The second-order valence-corrected chi connectivity index (χ2v) is 29.0. The molecular weight excluding hydrogens is 463 g/mol. The molecule has 0 saturated heterocycles. The second-order valence-electron chi connectivity index (χ2n) is 2.46.